The summed E-state index contributed by atoms with van der Waals surface area (Å²) >= 11 is 1.28. The molecule has 0 fully saturated rings. The van der Waals surface area contributed by atoms with Gasteiger partial charge in [-0.3, -0.25) is 4.79 Å². The Hall–Kier alpha value is -1.34. The summed E-state index contributed by atoms with van der Waals surface area (Å²) in [6, 6.07) is 0.266. The van der Waals surface area contributed by atoms with E-state index in [4.69, 9.17) is 5.73 Å². The molecule has 5 N–H and O–H groups in total. The summed E-state index contributed by atoms with van der Waals surface area (Å²) < 4.78 is 0. The molecule has 7 heteroatoms. The van der Waals surface area contributed by atoms with Crippen LogP contribution in [0.2, 0.25) is 0 Å². The van der Waals surface area contributed by atoms with Gasteiger partial charge in [0.2, 0.25) is 0 Å². The van der Waals surface area contributed by atoms with E-state index in [1.807, 2.05) is 20.9 Å². The Morgan fingerprint density at radius 2 is 2.17 bits per heavy atom. The molecule has 1 rings (SSSR count). The number of nitrogens with zero attached hydrogens (tertiary/aromatic N) is 1. The lowest BCUT2D eigenvalue weighted by molar-refractivity contribution is 0.0958. The lowest BCUT2D eigenvalue weighted by atomic mass is 10.4. The van der Waals surface area contributed by atoms with Crippen molar-refractivity contribution in [2.45, 2.75) is 26.3 Å². The summed E-state index contributed by atoms with van der Waals surface area (Å²) in [5.41, 5.74) is 5.73. The normalized spacial score (nSPS) is 10.7. The van der Waals surface area contributed by atoms with Crippen LogP contribution in [0.3, 0.4) is 0 Å². The van der Waals surface area contributed by atoms with Crippen molar-refractivity contribution in [3.8, 4) is 0 Å². The first-order valence-corrected chi connectivity index (χ1v) is 6.82. The monoisotopic (exact) mass is 271 g/mol. The summed E-state index contributed by atoms with van der Waals surface area (Å²) in [4.78, 5) is 16.5. The molecule has 0 atom stereocenters. The number of hydrogen-bond acceptors (Lipinski definition) is 6. The predicted octanol–water partition coefficient (Wildman–Crippen LogP) is 0.885. The van der Waals surface area contributed by atoms with Gasteiger partial charge in [-0.05, 0) is 33.9 Å². The van der Waals surface area contributed by atoms with Crippen molar-refractivity contribution in [3.63, 3.8) is 0 Å². The fourth-order valence-electron chi connectivity index (χ4n) is 1.35. The SMILES string of the molecule is CNCCCNC(=O)c1sc(NC(C)C)nc1N. The molecule has 0 aliphatic heterocycles. The van der Waals surface area contributed by atoms with Gasteiger partial charge in [0, 0.05) is 12.6 Å². The van der Waals surface area contributed by atoms with E-state index < -0.39 is 0 Å². The van der Waals surface area contributed by atoms with Crippen molar-refractivity contribution >= 4 is 28.2 Å². The molecular weight excluding hydrogens is 250 g/mol. The third kappa shape index (κ3) is 4.50. The number of nitrogens with two attached hydrogens (primary N) is 1. The molecule has 18 heavy (non-hydrogen) atoms. The van der Waals surface area contributed by atoms with Gasteiger partial charge in [0.15, 0.2) is 5.13 Å². The van der Waals surface area contributed by atoms with Crippen molar-refractivity contribution in [2.24, 2.45) is 0 Å². The van der Waals surface area contributed by atoms with E-state index in [9.17, 15) is 4.79 Å². The molecule has 0 unspecified atom stereocenters. The standard InChI is InChI=1S/C11H21N5OS/c1-7(2)15-11-16-9(12)8(18-11)10(17)14-6-4-5-13-3/h7,13H,4-6,12H2,1-3H3,(H,14,17)(H,15,16). The number of thiazole rings is 1. The minimum absolute atomic E-state index is 0.155. The molecule has 0 aliphatic carbocycles. The molecule has 0 aliphatic rings. The molecule has 0 spiro atoms. The van der Waals surface area contributed by atoms with Gasteiger partial charge in [0.05, 0.1) is 0 Å². The lowest BCUT2D eigenvalue weighted by Crippen LogP contribution is -2.26. The van der Waals surface area contributed by atoms with Crippen LogP contribution in [-0.4, -0.2) is 37.1 Å². The van der Waals surface area contributed by atoms with Crippen LogP contribution >= 0.6 is 11.3 Å². The average Bonchev–Trinajstić information content (AvgIpc) is 2.64. The number of hydrogen-bond donors (Lipinski definition) is 4. The zero-order valence-electron chi connectivity index (χ0n) is 11.0. The number of amides is 1. The van der Waals surface area contributed by atoms with Crippen molar-refractivity contribution in [2.75, 3.05) is 31.2 Å². The fraction of sp³-hybridized carbons (Fsp3) is 0.636. The summed E-state index contributed by atoms with van der Waals surface area (Å²) in [6.45, 7) is 5.52. The Kier molecular flexibility index (Phi) is 5.87. The van der Waals surface area contributed by atoms with E-state index >= 15 is 0 Å². The first-order valence-electron chi connectivity index (χ1n) is 6.00. The number of aromatic nitrogens is 1. The zero-order chi connectivity index (χ0) is 13.5. The van der Waals surface area contributed by atoms with Crippen LogP contribution in [0.15, 0.2) is 0 Å². The van der Waals surface area contributed by atoms with Gasteiger partial charge >= 0.3 is 0 Å². The van der Waals surface area contributed by atoms with E-state index in [0.717, 1.165) is 13.0 Å². The highest BCUT2D eigenvalue weighted by atomic mass is 32.1. The summed E-state index contributed by atoms with van der Waals surface area (Å²) in [5, 5.41) is 9.67. The van der Waals surface area contributed by atoms with Gasteiger partial charge in [-0.2, -0.15) is 0 Å². The second-order valence-electron chi connectivity index (χ2n) is 4.25. The average molecular weight is 271 g/mol. The van der Waals surface area contributed by atoms with E-state index in [2.05, 4.69) is 20.9 Å². The quantitative estimate of drug-likeness (QED) is 0.553. The second kappa shape index (κ2) is 7.17. The van der Waals surface area contributed by atoms with Crippen LogP contribution in [0.5, 0.6) is 0 Å². The van der Waals surface area contributed by atoms with E-state index in [0.29, 0.717) is 16.6 Å². The fourth-order valence-corrected chi connectivity index (χ4v) is 2.30. The Bertz CT molecular complexity index is 391. The number of nitrogen functional groups attached to an aromatic ring is 1. The van der Waals surface area contributed by atoms with Crippen molar-refractivity contribution < 1.29 is 4.79 Å². The van der Waals surface area contributed by atoms with Crippen molar-refractivity contribution in [1.29, 1.82) is 0 Å². The molecule has 1 aromatic rings. The minimum atomic E-state index is -0.155. The molecule has 1 heterocycles. The molecule has 0 saturated carbocycles. The largest absolute Gasteiger partial charge is 0.382 e. The van der Waals surface area contributed by atoms with Crippen LogP contribution in [0, 0.1) is 0 Å². The Labute approximate surface area is 111 Å². The summed E-state index contributed by atoms with van der Waals surface area (Å²) in [7, 11) is 1.88. The highest BCUT2D eigenvalue weighted by Gasteiger charge is 2.15. The molecule has 0 radical (unpaired) electrons. The zero-order valence-corrected chi connectivity index (χ0v) is 11.9. The summed E-state index contributed by atoms with van der Waals surface area (Å²) in [5.74, 6) is 0.132. The lowest BCUT2D eigenvalue weighted by Gasteiger charge is -2.04. The number of nitrogens with one attached hydrogen (secondary N) is 3. The molecule has 0 bridgehead atoms. The number of carbonyl (C=O) groups is 1. The van der Waals surface area contributed by atoms with Gasteiger partial charge in [-0.15, -0.1) is 0 Å². The topological polar surface area (TPSA) is 92.1 Å². The maximum absolute atomic E-state index is 11.9. The predicted molar refractivity (Wildman–Crippen MR) is 76.2 cm³/mol. The smallest absolute Gasteiger partial charge is 0.265 e. The van der Waals surface area contributed by atoms with Gasteiger partial charge in [-0.1, -0.05) is 11.3 Å². The maximum atomic E-state index is 11.9. The van der Waals surface area contributed by atoms with Crippen LogP contribution in [0.25, 0.3) is 0 Å². The molecule has 1 aromatic heterocycles. The highest BCUT2D eigenvalue weighted by molar-refractivity contribution is 7.18. The molecular formula is C11H21N5OS. The van der Waals surface area contributed by atoms with E-state index in [1.54, 1.807) is 0 Å². The molecule has 102 valence electrons. The second-order valence-corrected chi connectivity index (χ2v) is 5.24. The number of carbonyl (C=O) groups excluding carboxylic acids is 1. The maximum Gasteiger partial charge on any atom is 0.265 e. The Balaban J connectivity index is 2.54. The molecule has 0 aromatic carbocycles. The Morgan fingerprint density at radius 1 is 1.44 bits per heavy atom. The third-order valence-electron chi connectivity index (χ3n) is 2.16. The highest BCUT2D eigenvalue weighted by Crippen LogP contribution is 2.25. The van der Waals surface area contributed by atoms with E-state index in [1.165, 1.54) is 11.3 Å². The van der Waals surface area contributed by atoms with E-state index in [-0.39, 0.29) is 17.8 Å². The number of anilines is 2. The molecule has 1 amide bonds. The van der Waals surface area contributed by atoms with Crippen molar-refractivity contribution in [1.82, 2.24) is 15.6 Å². The number of rotatable bonds is 7. The van der Waals surface area contributed by atoms with Crippen LogP contribution in [0.1, 0.15) is 29.9 Å². The van der Waals surface area contributed by atoms with Gasteiger partial charge in [-0.25, -0.2) is 4.98 Å². The van der Waals surface area contributed by atoms with Gasteiger partial charge < -0.3 is 21.7 Å². The minimum Gasteiger partial charge on any atom is -0.382 e. The van der Waals surface area contributed by atoms with Crippen molar-refractivity contribution in [3.05, 3.63) is 4.88 Å². The van der Waals surface area contributed by atoms with Gasteiger partial charge in [0.25, 0.3) is 5.91 Å². The third-order valence-corrected chi connectivity index (χ3v) is 3.16. The Morgan fingerprint density at radius 3 is 2.78 bits per heavy atom. The molecule has 0 saturated heterocycles. The molecule has 6 nitrogen and oxygen atoms in total. The summed E-state index contributed by atoms with van der Waals surface area (Å²) in [6.07, 6.45) is 0.887. The first-order chi connectivity index (χ1) is 8.54. The van der Waals surface area contributed by atoms with Gasteiger partial charge in [0.1, 0.15) is 10.7 Å². The van der Waals surface area contributed by atoms with Crippen LogP contribution in [0.4, 0.5) is 10.9 Å². The van der Waals surface area contributed by atoms with Crippen LogP contribution < -0.4 is 21.7 Å². The first kappa shape index (κ1) is 14.7. The van der Waals surface area contributed by atoms with Crippen LogP contribution in [-0.2, 0) is 0 Å².